The molecule has 1 aliphatic rings. The zero-order valence-electron chi connectivity index (χ0n) is 14.6. The van der Waals surface area contributed by atoms with Crippen LogP contribution in [0.4, 0.5) is 11.5 Å². The molecule has 1 aromatic heterocycles. The van der Waals surface area contributed by atoms with Crippen molar-refractivity contribution in [2.24, 2.45) is 0 Å². The van der Waals surface area contributed by atoms with Gasteiger partial charge in [-0.05, 0) is 36.6 Å². The molecule has 3 aromatic rings. The monoisotopic (exact) mass is 344 g/mol. The van der Waals surface area contributed by atoms with Gasteiger partial charge in [0.15, 0.2) is 0 Å². The molecular formula is C21H20N4O. The van der Waals surface area contributed by atoms with Crippen molar-refractivity contribution >= 4 is 17.4 Å². The summed E-state index contributed by atoms with van der Waals surface area (Å²) in [5.41, 5.74) is 5.04. The first kappa shape index (κ1) is 16.3. The Kier molecular flexibility index (Phi) is 4.35. The minimum atomic E-state index is -0.0751. The molecule has 2 heterocycles. The molecular weight excluding hydrogens is 324 g/mol. The predicted octanol–water partition coefficient (Wildman–Crippen LogP) is 3.73. The van der Waals surface area contributed by atoms with Crippen molar-refractivity contribution in [2.75, 3.05) is 11.9 Å². The number of nitrogens with zero attached hydrogens (tertiary/aromatic N) is 3. The van der Waals surface area contributed by atoms with Crippen LogP contribution in [-0.4, -0.2) is 27.3 Å². The molecule has 1 aliphatic heterocycles. The highest BCUT2D eigenvalue weighted by molar-refractivity contribution is 5.92. The van der Waals surface area contributed by atoms with Crippen LogP contribution in [0.15, 0.2) is 60.9 Å². The van der Waals surface area contributed by atoms with Gasteiger partial charge in [0.05, 0.1) is 12.4 Å². The topological polar surface area (TPSA) is 58.1 Å². The number of carbonyl (C=O) groups is 1. The summed E-state index contributed by atoms with van der Waals surface area (Å²) in [5.74, 6) is 0.545. The number of fused-ring (bicyclic) bond motifs is 1. The zero-order chi connectivity index (χ0) is 17.9. The number of aromatic nitrogens is 2. The smallest absolute Gasteiger partial charge is 0.274 e. The molecule has 0 atom stereocenters. The Bertz CT molecular complexity index is 920. The van der Waals surface area contributed by atoms with Crippen molar-refractivity contribution in [1.29, 1.82) is 0 Å². The van der Waals surface area contributed by atoms with Gasteiger partial charge in [0.25, 0.3) is 5.91 Å². The lowest BCUT2D eigenvalue weighted by Crippen LogP contribution is -2.36. The van der Waals surface area contributed by atoms with E-state index < -0.39 is 0 Å². The Morgan fingerprint density at radius 1 is 1.00 bits per heavy atom. The molecule has 5 nitrogen and oxygen atoms in total. The minimum Gasteiger partial charge on any atom is -0.339 e. The minimum absolute atomic E-state index is 0.0751. The van der Waals surface area contributed by atoms with E-state index in [1.165, 1.54) is 16.7 Å². The summed E-state index contributed by atoms with van der Waals surface area (Å²) in [4.78, 5) is 23.2. The average Bonchev–Trinajstić information content (AvgIpc) is 2.69. The first-order valence-electron chi connectivity index (χ1n) is 8.71. The number of benzene rings is 2. The Labute approximate surface area is 152 Å². The lowest BCUT2D eigenvalue weighted by atomic mass is 10.00. The number of carbonyl (C=O) groups excluding carboxylic acids is 1. The molecule has 2 aromatic carbocycles. The molecule has 26 heavy (non-hydrogen) atoms. The van der Waals surface area contributed by atoms with Crippen molar-refractivity contribution in [3.63, 3.8) is 0 Å². The average molecular weight is 344 g/mol. The van der Waals surface area contributed by atoms with Crippen molar-refractivity contribution in [2.45, 2.75) is 19.9 Å². The molecule has 0 fully saturated rings. The van der Waals surface area contributed by atoms with Crippen molar-refractivity contribution in [3.05, 3.63) is 83.3 Å². The number of aryl methyl sites for hydroxylation is 1. The third-order valence-electron chi connectivity index (χ3n) is 4.61. The summed E-state index contributed by atoms with van der Waals surface area (Å²) in [7, 11) is 0. The maximum atomic E-state index is 12.7. The highest BCUT2D eigenvalue weighted by Gasteiger charge is 2.22. The van der Waals surface area contributed by atoms with Gasteiger partial charge in [-0.2, -0.15) is 0 Å². The van der Waals surface area contributed by atoms with E-state index in [2.05, 4.69) is 27.4 Å². The van der Waals surface area contributed by atoms with E-state index in [9.17, 15) is 4.79 Å². The quantitative estimate of drug-likeness (QED) is 0.786. The Morgan fingerprint density at radius 2 is 1.77 bits per heavy atom. The van der Waals surface area contributed by atoms with Crippen molar-refractivity contribution < 1.29 is 4.79 Å². The lowest BCUT2D eigenvalue weighted by Gasteiger charge is -2.28. The third kappa shape index (κ3) is 3.42. The van der Waals surface area contributed by atoms with Gasteiger partial charge in [0, 0.05) is 18.8 Å². The summed E-state index contributed by atoms with van der Waals surface area (Å²) in [5, 5.41) is 3.19. The third-order valence-corrected chi connectivity index (χ3v) is 4.61. The first-order chi connectivity index (χ1) is 12.7. The molecule has 0 bridgehead atoms. The van der Waals surface area contributed by atoms with Crippen LogP contribution in [0.1, 0.15) is 27.2 Å². The molecule has 0 saturated carbocycles. The van der Waals surface area contributed by atoms with Crippen LogP contribution in [0.25, 0.3) is 0 Å². The number of nitrogens with one attached hydrogen (secondary N) is 1. The second-order valence-corrected chi connectivity index (χ2v) is 6.52. The normalized spacial score (nSPS) is 13.2. The SMILES string of the molecule is Cc1ccc(Nc2cnc(C(=O)N3CCc4ccccc4C3)cn2)cc1. The Morgan fingerprint density at radius 3 is 2.50 bits per heavy atom. The van der Waals surface area contributed by atoms with E-state index in [1.54, 1.807) is 12.4 Å². The summed E-state index contributed by atoms with van der Waals surface area (Å²) in [6.45, 7) is 3.38. The molecule has 1 amide bonds. The highest BCUT2D eigenvalue weighted by atomic mass is 16.2. The Hall–Kier alpha value is -3.21. The number of amides is 1. The van der Waals surface area contributed by atoms with Crippen LogP contribution < -0.4 is 5.32 Å². The van der Waals surface area contributed by atoms with Gasteiger partial charge < -0.3 is 10.2 Å². The summed E-state index contributed by atoms with van der Waals surface area (Å²) < 4.78 is 0. The second-order valence-electron chi connectivity index (χ2n) is 6.52. The van der Waals surface area contributed by atoms with Crippen LogP contribution in [-0.2, 0) is 13.0 Å². The van der Waals surface area contributed by atoms with E-state index in [-0.39, 0.29) is 5.91 Å². The fraction of sp³-hybridized carbons (Fsp3) is 0.190. The standard InChI is InChI=1S/C21H20N4O/c1-15-6-8-18(9-7-15)24-20-13-22-19(12-23-20)21(26)25-11-10-16-4-2-3-5-17(16)14-25/h2-9,12-13H,10-11,14H2,1H3,(H,23,24). The van der Waals surface area contributed by atoms with Crippen LogP contribution in [0.2, 0.25) is 0 Å². The number of hydrogen-bond donors (Lipinski definition) is 1. The van der Waals surface area contributed by atoms with E-state index in [0.717, 1.165) is 12.1 Å². The molecule has 1 N–H and O–H groups in total. The van der Waals surface area contributed by atoms with Gasteiger partial charge in [-0.15, -0.1) is 0 Å². The molecule has 4 rings (SSSR count). The van der Waals surface area contributed by atoms with Gasteiger partial charge in [-0.3, -0.25) is 4.79 Å². The maximum absolute atomic E-state index is 12.7. The number of rotatable bonds is 3. The molecule has 0 unspecified atom stereocenters. The van der Waals surface area contributed by atoms with Gasteiger partial charge in [0.2, 0.25) is 0 Å². The summed E-state index contributed by atoms with van der Waals surface area (Å²) >= 11 is 0. The molecule has 0 radical (unpaired) electrons. The van der Waals surface area contributed by atoms with Gasteiger partial charge >= 0.3 is 0 Å². The molecule has 5 heteroatoms. The summed E-state index contributed by atoms with van der Waals surface area (Å²) in [6.07, 6.45) is 4.02. The molecule has 0 aliphatic carbocycles. The van der Waals surface area contributed by atoms with E-state index >= 15 is 0 Å². The zero-order valence-corrected chi connectivity index (χ0v) is 14.6. The number of anilines is 2. The predicted molar refractivity (Wildman–Crippen MR) is 101 cm³/mol. The molecule has 0 saturated heterocycles. The van der Waals surface area contributed by atoms with Gasteiger partial charge in [0.1, 0.15) is 11.5 Å². The summed E-state index contributed by atoms with van der Waals surface area (Å²) in [6, 6.07) is 16.3. The van der Waals surface area contributed by atoms with E-state index in [1.807, 2.05) is 48.2 Å². The lowest BCUT2D eigenvalue weighted by molar-refractivity contribution is 0.0728. The van der Waals surface area contributed by atoms with Crippen LogP contribution >= 0.6 is 0 Å². The van der Waals surface area contributed by atoms with Gasteiger partial charge in [-0.25, -0.2) is 9.97 Å². The Balaban J connectivity index is 1.45. The molecule has 130 valence electrons. The van der Waals surface area contributed by atoms with E-state index in [0.29, 0.717) is 24.6 Å². The second kappa shape index (κ2) is 6.96. The maximum Gasteiger partial charge on any atom is 0.274 e. The fourth-order valence-electron chi connectivity index (χ4n) is 3.12. The van der Waals surface area contributed by atoms with Crippen LogP contribution in [0.5, 0.6) is 0 Å². The largest absolute Gasteiger partial charge is 0.339 e. The van der Waals surface area contributed by atoms with Crippen molar-refractivity contribution in [3.8, 4) is 0 Å². The van der Waals surface area contributed by atoms with Crippen LogP contribution in [0, 0.1) is 6.92 Å². The van der Waals surface area contributed by atoms with E-state index in [4.69, 9.17) is 0 Å². The highest BCUT2D eigenvalue weighted by Crippen LogP contribution is 2.20. The number of hydrogen-bond acceptors (Lipinski definition) is 4. The van der Waals surface area contributed by atoms with Crippen LogP contribution in [0.3, 0.4) is 0 Å². The fourth-order valence-corrected chi connectivity index (χ4v) is 3.12. The molecule has 0 spiro atoms. The van der Waals surface area contributed by atoms with Gasteiger partial charge in [-0.1, -0.05) is 42.0 Å². The van der Waals surface area contributed by atoms with Crippen molar-refractivity contribution in [1.82, 2.24) is 14.9 Å². The first-order valence-corrected chi connectivity index (χ1v) is 8.71.